The molecule has 0 spiro atoms. The number of hydrogen-bond donors (Lipinski definition) is 1. The molecule has 1 N–H and O–H groups in total. The molecule has 0 aliphatic heterocycles. The predicted molar refractivity (Wildman–Crippen MR) is 61.6 cm³/mol. The Hall–Kier alpha value is -0.900. The van der Waals surface area contributed by atoms with Gasteiger partial charge < -0.3 is 5.32 Å². The summed E-state index contributed by atoms with van der Waals surface area (Å²) in [6.45, 7) is 8.33. The van der Waals surface area contributed by atoms with Gasteiger partial charge in [-0.05, 0) is 25.8 Å². The fourth-order valence-electron chi connectivity index (χ4n) is 1.61. The van der Waals surface area contributed by atoms with Gasteiger partial charge in [0.1, 0.15) is 6.33 Å². The van der Waals surface area contributed by atoms with Gasteiger partial charge in [0.2, 0.25) is 0 Å². The second-order valence-electron chi connectivity index (χ2n) is 3.79. The van der Waals surface area contributed by atoms with E-state index in [9.17, 15) is 0 Å². The normalized spacial score (nSPS) is 11.2. The zero-order valence-electron chi connectivity index (χ0n) is 10.0. The third-order valence-corrected chi connectivity index (χ3v) is 2.58. The van der Waals surface area contributed by atoms with Crippen LogP contribution in [0.2, 0.25) is 0 Å². The van der Waals surface area contributed by atoms with Crippen LogP contribution in [0.15, 0.2) is 6.33 Å². The molecule has 0 saturated heterocycles. The highest BCUT2D eigenvalue weighted by atomic mass is 15.3. The van der Waals surface area contributed by atoms with Crippen molar-refractivity contribution >= 4 is 0 Å². The highest BCUT2D eigenvalue weighted by Gasteiger charge is 2.08. The van der Waals surface area contributed by atoms with Gasteiger partial charge in [-0.2, -0.15) is 5.10 Å². The topological polar surface area (TPSA) is 42.7 Å². The van der Waals surface area contributed by atoms with E-state index in [2.05, 4.69) is 36.2 Å². The largest absolute Gasteiger partial charge is 0.310 e. The van der Waals surface area contributed by atoms with Crippen molar-refractivity contribution in [1.29, 1.82) is 0 Å². The van der Waals surface area contributed by atoms with Crippen molar-refractivity contribution in [2.24, 2.45) is 0 Å². The molecule has 0 radical (unpaired) electrons. The summed E-state index contributed by atoms with van der Waals surface area (Å²) in [6, 6.07) is 0.498. The molecule has 1 rings (SSSR count). The van der Waals surface area contributed by atoms with Gasteiger partial charge in [0.05, 0.1) is 12.6 Å². The molecule has 0 aliphatic carbocycles. The van der Waals surface area contributed by atoms with Crippen molar-refractivity contribution in [2.45, 2.75) is 52.6 Å². The Bertz CT molecular complexity index is 265. The highest BCUT2D eigenvalue weighted by molar-refractivity contribution is 4.82. The molecular weight excluding hydrogens is 188 g/mol. The molecule has 0 saturated carbocycles. The van der Waals surface area contributed by atoms with Crippen LogP contribution in [0.1, 0.15) is 51.9 Å². The summed E-state index contributed by atoms with van der Waals surface area (Å²) in [6.07, 6.45) is 5.22. The highest BCUT2D eigenvalue weighted by Crippen LogP contribution is 2.12. The lowest BCUT2D eigenvalue weighted by Gasteiger charge is -2.11. The summed E-state index contributed by atoms with van der Waals surface area (Å²) in [4.78, 5) is 4.29. The lowest BCUT2D eigenvalue weighted by molar-refractivity contribution is 0.423. The number of hydrogen-bond acceptors (Lipinski definition) is 3. The van der Waals surface area contributed by atoms with Crippen molar-refractivity contribution in [3.8, 4) is 0 Å². The molecule has 1 aromatic heterocycles. The van der Waals surface area contributed by atoms with Crippen molar-refractivity contribution in [3.63, 3.8) is 0 Å². The first-order valence-corrected chi connectivity index (χ1v) is 5.92. The van der Waals surface area contributed by atoms with Crippen LogP contribution in [0.3, 0.4) is 0 Å². The van der Waals surface area contributed by atoms with Gasteiger partial charge in [-0.25, -0.2) is 9.67 Å². The Morgan fingerprint density at radius 3 is 2.67 bits per heavy atom. The predicted octanol–water partition coefficient (Wildman–Crippen LogP) is 2.14. The molecule has 0 aliphatic rings. The zero-order valence-corrected chi connectivity index (χ0v) is 10.0. The SMILES string of the molecule is CCCNCc1ncn(C(CC)CC)n1. The number of nitrogens with one attached hydrogen (secondary N) is 1. The standard InChI is InChI=1S/C11H22N4/c1-4-7-12-8-11-13-9-15(14-11)10(5-2)6-3/h9-10,12H,4-8H2,1-3H3. The van der Waals surface area contributed by atoms with E-state index < -0.39 is 0 Å². The van der Waals surface area contributed by atoms with Crippen LogP contribution in [0.5, 0.6) is 0 Å². The van der Waals surface area contributed by atoms with Crippen molar-refractivity contribution < 1.29 is 0 Å². The van der Waals surface area contributed by atoms with Crippen LogP contribution in [-0.2, 0) is 6.54 Å². The number of nitrogens with zero attached hydrogens (tertiary/aromatic N) is 3. The molecule has 0 amide bonds. The summed E-state index contributed by atoms with van der Waals surface area (Å²) in [5.74, 6) is 0.898. The number of rotatable bonds is 7. The maximum atomic E-state index is 4.47. The maximum absolute atomic E-state index is 4.47. The molecule has 0 fully saturated rings. The monoisotopic (exact) mass is 210 g/mol. The van der Waals surface area contributed by atoms with E-state index in [4.69, 9.17) is 0 Å². The fraction of sp³-hybridized carbons (Fsp3) is 0.818. The van der Waals surface area contributed by atoms with Gasteiger partial charge in [0.25, 0.3) is 0 Å². The first-order valence-electron chi connectivity index (χ1n) is 5.92. The third kappa shape index (κ3) is 3.63. The minimum atomic E-state index is 0.498. The first kappa shape index (κ1) is 12.2. The Morgan fingerprint density at radius 2 is 2.07 bits per heavy atom. The molecule has 15 heavy (non-hydrogen) atoms. The third-order valence-electron chi connectivity index (χ3n) is 2.58. The Kier molecular flexibility index (Phi) is 5.32. The Morgan fingerprint density at radius 1 is 1.33 bits per heavy atom. The zero-order chi connectivity index (χ0) is 11.1. The molecular formula is C11H22N4. The van der Waals surface area contributed by atoms with Crippen molar-refractivity contribution in [3.05, 3.63) is 12.2 Å². The second-order valence-corrected chi connectivity index (χ2v) is 3.79. The van der Waals surface area contributed by atoms with E-state index in [0.29, 0.717) is 6.04 Å². The van der Waals surface area contributed by atoms with Crippen LogP contribution < -0.4 is 5.32 Å². The van der Waals surface area contributed by atoms with E-state index >= 15 is 0 Å². The van der Waals surface area contributed by atoms with E-state index in [0.717, 1.165) is 38.2 Å². The first-order chi connectivity index (χ1) is 7.31. The molecule has 4 nitrogen and oxygen atoms in total. The van der Waals surface area contributed by atoms with Crippen LogP contribution in [0.4, 0.5) is 0 Å². The van der Waals surface area contributed by atoms with Gasteiger partial charge in [-0.15, -0.1) is 0 Å². The smallest absolute Gasteiger partial charge is 0.164 e. The van der Waals surface area contributed by atoms with Crippen LogP contribution in [0, 0.1) is 0 Å². The Balaban J connectivity index is 2.47. The van der Waals surface area contributed by atoms with E-state index in [1.165, 1.54) is 0 Å². The van der Waals surface area contributed by atoms with E-state index in [-0.39, 0.29) is 0 Å². The fourth-order valence-corrected chi connectivity index (χ4v) is 1.61. The molecule has 0 atom stereocenters. The molecule has 4 heteroatoms. The van der Waals surface area contributed by atoms with Gasteiger partial charge in [-0.1, -0.05) is 20.8 Å². The van der Waals surface area contributed by atoms with Crippen LogP contribution >= 0.6 is 0 Å². The molecule has 0 aromatic carbocycles. The summed E-state index contributed by atoms with van der Waals surface area (Å²) in [7, 11) is 0. The molecule has 0 unspecified atom stereocenters. The molecule has 86 valence electrons. The van der Waals surface area contributed by atoms with E-state index in [1.54, 1.807) is 0 Å². The quantitative estimate of drug-likeness (QED) is 0.701. The summed E-state index contributed by atoms with van der Waals surface area (Å²) < 4.78 is 1.99. The average molecular weight is 210 g/mol. The molecule has 1 aromatic rings. The second kappa shape index (κ2) is 6.56. The van der Waals surface area contributed by atoms with Gasteiger partial charge in [0, 0.05) is 0 Å². The summed E-state index contributed by atoms with van der Waals surface area (Å²) >= 11 is 0. The van der Waals surface area contributed by atoms with Crippen LogP contribution in [-0.4, -0.2) is 21.3 Å². The Labute approximate surface area is 92.1 Å². The minimum Gasteiger partial charge on any atom is -0.310 e. The van der Waals surface area contributed by atoms with Crippen LogP contribution in [0.25, 0.3) is 0 Å². The van der Waals surface area contributed by atoms with Gasteiger partial charge in [0.15, 0.2) is 5.82 Å². The molecule has 0 bridgehead atoms. The van der Waals surface area contributed by atoms with E-state index in [1.807, 2.05) is 11.0 Å². The van der Waals surface area contributed by atoms with Gasteiger partial charge in [-0.3, -0.25) is 0 Å². The van der Waals surface area contributed by atoms with Gasteiger partial charge >= 0.3 is 0 Å². The maximum Gasteiger partial charge on any atom is 0.164 e. The van der Waals surface area contributed by atoms with Crippen molar-refractivity contribution in [2.75, 3.05) is 6.54 Å². The lowest BCUT2D eigenvalue weighted by Crippen LogP contribution is -2.15. The number of aromatic nitrogens is 3. The summed E-state index contributed by atoms with van der Waals surface area (Å²) in [5, 5.41) is 7.77. The minimum absolute atomic E-state index is 0.498. The summed E-state index contributed by atoms with van der Waals surface area (Å²) in [5.41, 5.74) is 0. The van der Waals surface area contributed by atoms with Crippen molar-refractivity contribution in [1.82, 2.24) is 20.1 Å². The molecule has 1 heterocycles. The lowest BCUT2D eigenvalue weighted by atomic mass is 10.2. The average Bonchev–Trinajstić information content (AvgIpc) is 2.69.